The number of carbonyl (C=O) groups excluding carboxylic acids is 2. The third-order valence-corrected chi connectivity index (χ3v) is 1.98. The van der Waals surface area contributed by atoms with E-state index in [1.165, 1.54) is 0 Å². The van der Waals surface area contributed by atoms with Gasteiger partial charge < -0.3 is 31.6 Å². The van der Waals surface area contributed by atoms with E-state index in [0.29, 0.717) is 52.6 Å². The number of nitrogens with one attached hydrogen (secondary N) is 2. The highest BCUT2D eigenvalue weighted by Gasteiger charge is 2.07. The zero-order valence-electron chi connectivity index (χ0n) is 11.2. The molecule has 0 aliphatic carbocycles. The van der Waals surface area contributed by atoms with Gasteiger partial charge in [-0.25, -0.2) is 0 Å². The summed E-state index contributed by atoms with van der Waals surface area (Å²) in [5.74, 6) is -0.673. The van der Waals surface area contributed by atoms with E-state index in [4.69, 9.17) is 20.9 Å². The molecular weight excluding hydrogens is 252 g/mol. The molecule has 0 aliphatic rings. The minimum atomic E-state index is -0.336. The van der Waals surface area contributed by atoms with Gasteiger partial charge in [-0.1, -0.05) is 0 Å². The van der Waals surface area contributed by atoms with Gasteiger partial charge in [-0.2, -0.15) is 0 Å². The molecule has 112 valence electrons. The second-order valence-electron chi connectivity index (χ2n) is 3.68. The monoisotopic (exact) mass is 276 g/mol. The van der Waals surface area contributed by atoms with Crippen LogP contribution in [0.15, 0.2) is 0 Å². The van der Waals surface area contributed by atoms with Crippen LogP contribution in [0.4, 0.5) is 0 Å². The van der Waals surface area contributed by atoms with Gasteiger partial charge >= 0.3 is 0 Å². The average molecular weight is 276 g/mol. The second kappa shape index (κ2) is 13.2. The van der Waals surface area contributed by atoms with Gasteiger partial charge in [-0.3, -0.25) is 9.59 Å². The van der Waals surface area contributed by atoms with Crippen LogP contribution in [-0.4, -0.2) is 64.4 Å². The number of carbonyl (C=O) groups is 2. The summed E-state index contributed by atoms with van der Waals surface area (Å²) in [6.07, 6.45) is -0.201. The lowest BCUT2D eigenvalue weighted by Gasteiger charge is -2.07. The summed E-state index contributed by atoms with van der Waals surface area (Å²) >= 11 is 0. The molecule has 0 saturated heterocycles. The summed E-state index contributed by atoms with van der Waals surface area (Å²) in [6, 6.07) is 0. The molecule has 0 atom stereocenters. The Balaban J connectivity index is 3.40. The maximum Gasteiger partial charge on any atom is 0.229 e. The van der Waals surface area contributed by atoms with E-state index in [1.54, 1.807) is 0 Å². The number of hydrogen-bond donors (Lipinski definition) is 4. The Kier molecular flexibility index (Phi) is 12.4. The van der Waals surface area contributed by atoms with Crippen molar-refractivity contribution < 1.29 is 19.1 Å². The predicted octanol–water partition coefficient (Wildman–Crippen LogP) is -2.44. The first-order valence-corrected chi connectivity index (χ1v) is 6.29. The van der Waals surface area contributed by atoms with Crippen molar-refractivity contribution in [2.24, 2.45) is 11.5 Å². The van der Waals surface area contributed by atoms with Crippen molar-refractivity contribution in [3.8, 4) is 0 Å². The summed E-state index contributed by atoms with van der Waals surface area (Å²) in [4.78, 5) is 22.6. The molecule has 0 rings (SSSR count). The van der Waals surface area contributed by atoms with Gasteiger partial charge in [0.1, 0.15) is 6.42 Å². The fraction of sp³-hybridized carbons (Fsp3) is 0.818. The molecule has 0 spiro atoms. The summed E-state index contributed by atoms with van der Waals surface area (Å²) in [5.41, 5.74) is 10.5. The van der Waals surface area contributed by atoms with Gasteiger partial charge in [0.15, 0.2) is 0 Å². The maximum atomic E-state index is 11.3. The maximum absolute atomic E-state index is 11.3. The lowest BCUT2D eigenvalue weighted by molar-refractivity contribution is -0.129. The summed E-state index contributed by atoms with van der Waals surface area (Å²) in [6.45, 7) is 3.32. The Morgan fingerprint density at radius 1 is 0.789 bits per heavy atom. The zero-order valence-corrected chi connectivity index (χ0v) is 11.2. The Morgan fingerprint density at radius 3 is 1.58 bits per heavy atom. The van der Waals surface area contributed by atoms with Gasteiger partial charge in [0.25, 0.3) is 0 Å². The number of amides is 2. The highest BCUT2D eigenvalue weighted by Crippen LogP contribution is 1.81. The molecule has 19 heavy (non-hydrogen) atoms. The Hall–Kier alpha value is -1.22. The lowest BCUT2D eigenvalue weighted by atomic mass is 10.3. The quantitative estimate of drug-likeness (QED) is 0.231. The Labute approximate surface area is 113 Å². The lowest BCUT2D eigenvalue weighted by Crippen LogP contribution is -2.35. The number of rotatable bonds is 12. The van der Waals surface area contributed by atoms with E-state index >= 15 is 0 Å². The van der Waals surface area contributed by atoms with Gasteiger partial charge in [0, 0.05) is 26.2 Å². The van der Waals surface area contributed by atoms with E-state index in [-0.39, 0.29) is 18.2 Å². The molecule has 0 fully saturated rings. The fourth-order valence-electron chi connectivity index (χ4n) is 1.17. The van der Waals surface area contributed by atoms with Crippen molar-refractivity contribution in [2.75, 3.05) is 52.6 Å². The summed E-state index contributed by atoms with van der Waals surface area (Å²) in [7, 11) is 0. The van der Waals surface area contributed by atoms with E-state index < -0.39 is 0 Å². The third-order valence-electron chi connectivity index (χ3n) is 1.98. The Bertz CT molecular complexity index is 227. The molecule has 0 bridgehead atoms. The van der Waals surface area contributed by atoms with Crippen LogP contribution in [0.2, 0.25) is 0 Å². The molecule has 0 saturated carbocycles. The largest absolute Gasteiger partial charge is 0.378 e. The van der Waals surface area contributed by atoms with Crippen molar-refractivity contribution in [3.05, 3.63) is 0 Å². The minimum Gasteiger partial charge on any atom is -0.378 e. The predicted molar refractivity (Wildman–Crippen MR) is 70.4 cm³/mol. The first-order valence-electron chi connectivity index (χ1n) is 6.29. The number of hydrogen-bond acceptors (Lipinski definition) is 6. The standard InChI is InChI=1S/C11H24N4O4/c12-1-5-18-7-3-14-10(16)9-11(17)15-4-8-19-6-2-13/h1-9,12-13H2,(H,14,16)(H,15,17). The van der Waals surface area contributed by atoms with Crippen LogP contribution in [0.3, 0.4) is 0 Å². The van der Waals surface area contributed by atoms with Crippen LogP contribution >= 0.6 is 0 Å². The van der Waals surface area contributed by atoms with Crippen LogP contribution < -0.4 is 22.1 Å². The number of ether oxygens (including phenoxy) is 2. The SMILES string of the molecule is NCCOCCNC(=O)CC(=O)NCCOCCN. The van der Waals surface area contributed by atoms with Crippen LogP contribution in [0.5, 0.6) is 0 Å². The van der Waals surface area contributed by atoms with Gasteiger partial charge in [0.2, 0.25) is 11.8 Å². The molecule has 0 aromatic carbocycles. The van der Waals surface area contributed by atoms with Crippen molar-refractivity contribution in [3.63, 3.8) is 0 Å². The second-order valence-corrected chi connectivity index (χ2v) is 3.68. The zero-order chi connectivity index (χ0) is 14.3. The van der Waals surface area contributed by atoms with E-state index in [9.17, 15) is 9.59 Å². The van der Waals surface area contributed by atoms with Gasteiger partial charge in [-0.05, 0) is 0 Å². The number of nitrogens with two attached hydrogens (primary N) is 2. The van der Waals surface area contributed by atoms with Gasteiger partial charge in [0.05, 0.1) is 26.4 Å². The van der Waals surface area contributed by atoms with Crippen molar-refractivity contribution in [1.29, 1.82) is 0 Å². The molecule has 8 heteroatoms. The van der Waals surface area contributed by atoms with Crippen molar-refractivity contribution >= 4 is 11.8 Å². The Morgan fingerprint density at radius 2 is 1.21 bits per heavy atom. The smallest absolute Gasteiger partial charge is 0.229 e. The van der Waals surface area contributed by atoms with Crippen LogP contribution in [0, 0.1) is 0 Å². The third kappa shape index (κ3) is 13.0. The molecule has 2 amide bonds. The molecule has 0 aromatic rings. The normalized spacial score (nSPS) is 10.2. The fourth-order valence-corrected chi connectivity index (χ4v) is 1.17. The highest BCUT2D eigenvalue weighted by atomic mass is 16.5. The highest BCUT2D eigenvalue weighted by molar-refractivity contribution is 5.96. The summed E-state index contributed by atoms with van der Waals surface area (Å²) in [5, 5.41) is 5.14. The van der Waals surface area contributed by atoms with Crippen LogP contribution in [-0.2, 0) is 19.1 Å². The molecule has 0 aromatic heterocycles. The molecule has 0 radical (unpaired) electrons. The molecule has 0 heterocycles. The summed E-state index contributed by atoms with van der Waals surface area (Å²) < 4.78 is 10.1. The average Bonchev–Trinajstić information content (AvgIpc) is 2.38. The van der Waals surface area contributed by atoms with Crippen molar-refractivity contribution in [1.82, 2.24) is 10.6 Å². The van der Waals surface area contributed by atoms with E-state index in [2.05, 4.69) is 10.6 Å². The van der Waals surface area contributed by atoms with Gasteiger partial charge in [-0.15, -0.1) is 0 Å². The molecule has 0 aliphatic heterocycles. The first kappa shape index (κ1) is 17.8. The van der Waals surface area contributed by atoms with E-state index in [1.807, 2.05) is 0 Å². The minimum absolute atomic E-state index is 0.201. The topological polar surface area (TPSA) is 129 Å². The van der Waals surface area contributed by atoms with Crippen LogP contribution in [0.1, 0.15) is 6.42 Å². The molecular formula is C11H24N4O4. The van der Waals surface area contributed by atoms with Crippen LogP contribution in [0.25, 0.3) is 0 Å². The molecule has 6 N–H and O–H groups in total. The first-order chi connectivity index (χ1) is 9.20. The van der Waals surface area contributed by atoms with E-state index in [0.717, 1.165) is 0 Å². The molecule has 0 unspecified atom stereocenters. The molecule has 8 nitrogen and oxygen atoms in total. The van der Waals surface area contributed by atoms with Crippen molar-refractivity contribution in [2.45, 2.75) is 6.42 Å².